The fraction of sp³-hybridized carbons (Fsp3) is 0.500. The van der Waals surface area contributed by atoms with Crippen molar-refractivity contribution in [2.24, 2.45) is 5.92 Å². The second-order valence-electron chi connectivity index (χ2n) is 4.61. The standard InChI is InChI=1S/C14H18N2O/c1-10-3-4-14(17-2)12(7-10)13(8-15)11-5-6-16-9-11/h3-4,7,11,13,16H,5-6,9H2,1-2H3. The lowest BCUT2D eigenvalue weighted by Crippen LogP contribution is -2.16. The van der Waals surface area contributed by atoms with Crippen LogP contribution in [0.25, 0.3) is 0 Å². The van der Waals surface area contributed by atoms with Crippen LogP contribution in [0, 0.1) is 24.2 Å². The molecule has 1 heterocycles. The number of hydrogen-bond donors (Lipinski definition) is 1. The van der Waals surface area contributed by atoms with Crippen LogP contribution in [-0.4, -0.2) is 20.2 Å². The zero-order valence-corrected chi connectivity index (χ0v) is 10.4. The normalized spacial score (nSPS) is 20.9. The molecule has 3 nitrogen and oxygen atoms in total. The summed E-state index contributed by atoms with van der Waals surface area (Å²) >= 11 is 0. The Morgan fingerprint density at radius 2 is 2.35 bits per heavy atom. The summed E-state index contributed by atoms with van der Waals surface area (Å²) in [7, 11) is 1.66. The third kappa shape index (κ3) is 2.42. The predicted molar refractivity (Wildman–Crippen MR) is 67.1 cm³/mol. The molecule has 0 spiro atoms. The summed E-state index contributed by atoms with van der Waals surface area (Å²) in [5.41, 5.74) is 2.20. The van der Waals surface area contributed by atoms with Crippen molar-refractivity contribution < 1.29 is 4.74 Å². The second-order valence-corrected chi connectivity index (χ2v) is 4.61. The van der Waals surface area contributed by atoms with Gasteiger partial charge in [0, 0.05) is 5.56 Å². The molecule has 2 atom stereocenters. The molecule has 0 bridgehead atoms. The Labute approximate surface area is 102 Å². The highest BCUT2D eigenvalue weighted by molar-refractivity contribution is 5.42. The minimum absolute atomic E-state index is 0.0696. The summed E-state index contributed by atoms with van der Waals surface area (Å²) in [6.07, 6.45) is 1.06. The van der Waals surface area contributed by atoms with Crippen molar-refractivity contribution in [1.82, 2.24) is 5.32 Å². The van der Waals surface area contributed by atoms with Crippen LogP contribution < -0.4 is 10.1 Å². The van der Waals surface area contributed by atoms with E-state index in [-0.39, 0.29) is 5.92 Å². The molecule has 2 unspecified atom stereocenters. The third-order valence-corrected chi connectivity index (χ3v) is 3.43. The largest absolute Gasteiger partial charge is 0.496 e. The van der Waals surface area contributed by atoms with Crippen LogP contribution in [0.15, 0.2) is 18.2 Å². The SMILES string of the molecule is COc1ccc(C)cc1C(C#N)C1CCNC1. The summed E-state index contributed by atoms with van der Waals surface area (Å²) in [6.45, 7) is 3.98. The summed E-state index contributed by atoms with van der Waals surface area (Å²) < 4.78 is 5.37. The molecule has 1 fully saturated rings. The van der Waals surface area contributed by atoms with E-state index in [4.69, 9.17) is 4.74 Å². The van der Waals surface area contributed by atoms with Crippen molar-refractivity contribution in [3.63, 3.8) is 0 Å². The van der Waals surface area contributed by atoms with Crippen LogP contribution in [-0.2, 0) is 0 Å². The van der Waals surface area contributed by atoms with Gasteiger partial charge in [0.05, 0.1) is 19.1 Å². The molecular formula is C14H18N2O. The Hall–Kier alpha value is -1.53. The van der Waals surface area contributed by atoms with Crippen molar-refractivity contribution in [2.75, 3.05) is 20.2 Å². The minimum Gasteiger partial charge on any atom is -0.496 e. The zero-order valence-electron chi connectivity index (χ0n) is 10.4. The Morgan fingerprint density at radius 1 is 1.53 bits per heavy atom. The molecule has 2 rings (SSSR count). The van der Waals surface area contributed by atoms with Gasteiger partial charge < -0.3 is 10.1 Å². The van der Waals surface area contributed by atoms with Gasteiger partial charge in [0.2, 0.25) is 0 Å². The molecule has 0 amide bonds. The molecule has 17 heavy (non-hydrogen) atoms. The first-order valence-corrected chi connectivity index (χ1v) is 6.01. The molecule has 0 radical (unpaired) electrons. The highest BCUT2D eigenvalue weighted by atomic mass is 16.5. The van der Waals surface area contributed by atoms with Gasteiger partial charge in [-0.25, -0.2) is 0 Å². The van der Waals surface area contributed by atoms with Gasteiger partial charge in [-0.15, -0.1) is 0 Å². The second kappa shape index (κ2) is 5.20. The summed E-state index contributed by atoms with van der Waals surface area (Å²) in [4.78, 5) is 0. The van der Waals surface area contributed by atoms with Gasteiger partial charge in [0.25, 0.3) is 0 Å². The van der Waals surface area contributed by atoms with Crippen LogP contribution in [0.4, 0.5) is 0 Å². The topological polar surface area (TPSA) is 45.0 Å². The molecule has 3 heteroatoms. The molecule has 1 aliphatic heterocycles. The predicted octanol–water partition coefficient (Wildman–Crippen LogP) is 2.22. The van der Waals surface area contributed by atoms with Crippen molar-refractivity contribution >= 4 is 0 Å². The van der Waals surface area contributed by atoms with E-state index in [1.54, 1.807) is 7.11 Å². The Balaban J connectivity index is 2.35. The summed E-state index contributed by atoms with van der Waals surface area (Å²) in [5.74, 6) is 1.16. The maximum Gasteiger partial charge on any atom is 0.123 e. The summed E-state index contributed by atoms with van der Waals surface area (Å²) in [6, 6.07) is 8.49. The number of hydrogen-bond acceptors (Lipinski definition) is 3. The van der Waals surface area contributed by atoms with E-state index < -0.39 is 0 Å². The van der Waals surface area contributed by atoms with Crippen LogP contribution in [0.2, 0.25) is 0 Å². The number of nitrogens with zero attached hydrogens (tertiary/aromatic N) is 1. The molecule has 1 aromatic rings. The van der Waals surface area contributed by atoms with E-state index in [0.717, 1.165) is 30.8 Å². The number of nitrogens with one attached hydrogen (secondary N) is 1. The Morgan fingerprint density at radius 3 is 2.94 bits per heavy atom. The number of rotatable bonds is 3. The van der Waals surface area contributed by atoms with E-state index in [9.17, 15) is 5.26 Å². The average Bonchev–Trinajstić information content (AvgIpc) is 2.84. The van der Waals surface area contributed by atoms with Crippen LogP contribution >= 0.6 is 0 Å². The number of methoxy groups -OCH3 is 1. The zero-order chi connectivity index (χ0) is 12.3. The monoisotopic (exact) mass is 230 g/mol. The summed E-state index contributed by atoms with van der Waals surface area (Å²) in [5, 5.41) is 12.7. The maximum absolute atomic E-state index is 9.42. The number of benzene rings is 1. The van der Waals surface area contributed by atoms with Gasteiger partial charge in [-0.05, 0) is 38.4 Å². The number of nitriles is 1. The lowest BCUT2D eigenvalue weighted by atomic mass is 9.85. The Kier molecular flexibility index (Phi) is 3.65. The molecule has 0 aliphatic carbocycles. The maximum atomic E-state index is 9.42. The van der Waals surface area contributed by atoms with Gasteiger partial charge in [-0.1, -0.05) is 17.7 Å². The lowest BCUT2D eigenvalue weighted by molar-refractivity contribution is 0.401. The van der Waals surface area contributed by atoms with E-state index in [0.29, 0.717) is 5.92 Å². The smallest absolute Gasteiger partial charge is 0.123 e. The van der Waals surface area contributed by atoms with Gasteiger partial charge in [0.15, 0.2) is 0 Å². The molecular weight excluding hydrogens is 212 g/mol. The first-order chi connectivity index (χ1) is 8.26. The van der Waals surface area contributed by atoms with E-state index in [2.05, 4.69) is 17.5 Å². The van der Waals surface area contributed by atoms with Crippen molar-refractivity contribution in [1.29, 1.82) is 5.26 Å². The highest BCUT2D eigenvalue weighted by Gasteiger charge is 2.28. The van der Waals surface area contributed by atoms with E-state index in [1.807, 2.05) is 19.1 Å². The van der Waals surface area contributed by atoms with Crippen LogP contribution in [0.5, 0.6) is 5.75 Å². The average molecular weight is 230 g/mol. The van der Waals surface area contributed by atoms with Crippen molar-refractivity contribution in [3.05, 3.63) is 29.3 Å². The van der Waals surface area contributed by atoms with Gasteiger partial charge in [-0.3, -0.25) is 0 Å². The molecule has 0 saturated carbocycles. The van der Waals surface area contributed by atoms with E-state index >= 15 is 0 Å². The van der Waals surface area contributed by atoms with Crippen molar-refractivity contribution in [2.45, 2.75) is 19.3 Å². The first kappa shape index (κ1) is 11.9. The molecule has 1 aromatic carbocycles. The Bertz CT molecular complexity index is 430. The molecule has 1 aliphatic rings. The number of ether oxygens (including phenoxy) is 1. The van der Waals surface area contributed by atoms with Crippen LogP contribution in [0.3, 0.4) is 0 Å². The quantitative estimate of drug-likeness (QED) is 0.866. The van der Waals surface area contributed by atoms with E-state index in [1.165, 1.54) is 5.56 Å². The first-order valence-electron chi connectivity index (χ1n) is 6.01. The van der Waals surface area contributed by atoms with Gasteiger partial charge >= 0.3 is 0 Å². The van der Waals surface area contributed by atoms with Gasteiger partial charge in [0.1, 0.15) is 5.75 Å². The minimum atomic E-state index is -0.0696. The molecule has 1 saturated heterocycles. The van der Waals surface area contributed by atoms with Crippen molar-refractivity contribution in [3.8, 4) is 11.8 Å². The lowest BCUT2D eigenvalue weighted by Gasteiger charge is -2.19. The number of aryl methyl sites for hydroxylation is 1. The van der Waals surface area contributed by atoms with Gasteiger partial charge in [-0.2, -0.15) is 5.26 Å². The molecule has 0 aromatic heterocycles. The fourth-order valence-corrected chi connectivity index (χ4v) is 2.49. The van der Waals surface area contributed by atoms with Crippen LogP contribution in [0.1, 0.15) is 23.5 Å². The third-order valence-electron chi connectivity index (χ3n) is 3.43. The molecule has 1 N–H and O–H groups in total. The fourth-order valence-electron chi connectivity index (χ4n) is 2.49. The molecule has 90 valence electrons. The highest BCUT2D eigenvalue weighted by Crippen LogP contribution is 2.34.